The van der Waals surface area contributed by atoms with Crippen LogP contribution in [-0.2, 0) is 4.74 Å². The Morgan fingerprint density at radius 1 is 1.43 bits per heavy atom. The van der Waals surface area contributed by atoms with Gasteiger partial charge in [0.05, 0.1) is 6.10 Å². The first kappa shape index (κ1) is 10.4. The van der Waals surface area contributed by atoms with Gasteiger partial charge < -0.3 is 10.5 Å². The van der Waals surface area contributed by atoms with Crippen LogP contribution in [0.3, 0.4) is 0 Å². The molecule has 0 spiro atoms. The number of hydrogen-bond acceptors (Lipinski definition) is 3. The lowest BCUT2D eigenvalue weighted by atomic mass is 9.73. The van der Waals surface area contributed by atoms with E-state index in [-0.39, 0.29) is 5.54 Å². The van der Waals surface area contributed by atoms with Crippen LogP contribution in [0.15, 0.2) is 0 Å². The van der Waals surface area contributed by atoms with Crippen LogP contribution in [0.1, 0.15) is 25.7 Å². The second-order valence-electron chi connectivity index (χ2n) is 5.02. The highest BCUT2D eigenvalue weighted by Crippen LogP contribution is 2.40. The minimum absolute atomic E-state index is 0.253. The van der Waals surface area contributed by atoms with Crippen LogP contribution in [-0.4, -0.2) is 43.8 Å². The molecule has 0 unspecified atom stereocenters. The van der Waals surface area contributed by atoms with Gasteiger partial charge in [0.15, 0.2) is 0 Å². The second-order valence-corrected chi connectivity index (χ2v) is 5.02. The monoisotopic (exact) mass is 198 g/mol. The molecule has 2 rings (SSSR count). The quantitative estimate of drug-likeness (QED) is 0.711. The third kappa shape index (κ3) is 1.81. The van der Waals surface area contributed by atoms with E-state index in [1.807, 2.05) is 0 Å². The van der Waals surface area contributed by atoms with E-state index in [0.29, 0.717) is 6.10 Å². The first-order valence-electron chi connectivity index (χ1n) is 5.64. The molecule has 0 aromatic rings. The summed E-state index contributed by atoms with van der Waals surface area (Å²) in [7, 11) is 4.02. The Morgan fingerprint density at radius 2 is 2.07 bits per heavy atom. The smallest absolute Gasteiger partial charge is 0.0607 e. The van der Waals surface area contributed by atoms with E-state index in [1.54, 1.807) is 7.11 Å². The van der Waals surface area contributed by atoms with Gasteiger partial charge in [-0.05, 0) is 38.6 Å². The number of nitrogens with zero attached hydrogens (tertiary/aromatic N) is 1. The highest BCUT2D eigenvalue weighted by atomic mass is 16.5. The standard InChI is InChI=1S/C11H22N2O/c1-13(7-9-3-4-9)11(8-12)5-10(6-11)14-2/h9-10H,3-8,12H2,1-2H3. The highest BCUT2D eigenvalue weighted by molar-refractivity contribution is 5.04. The van der Waals surface area contributed by atoms with E-state index in [4.69, 9.17) is 10.5 Å². The summed E-state index contributed by atoms with van der Waals surface area (Å²) >= 11 is 0. The molecule has 82 valence electrons. The van der Waals surface area contributed by atoms with Gasteiger partial charge in [0.1, 0.15) is 0 Å². The zero-order valence-corrected chi connectivity index (χ0v) is 9.33. The summed E-state index contributed by atoms with van der Waals surface area (Å²) in [6.07, 6.45) is 5.50. The topological polar surface area (TPSA) is 38.5 Å². The van der Waals surface area contributed by atoms with Gasteiger partial charge in [0, 0.05) is 25.7 Å². The molecule has 2 fully saturated rings. The van der Waals surface area contributed by atoms with Crippen molar-refractivity contribution in [2.75, 3.05) is 27.2 Å². The molecule has 0 saturated heterocycles. The number of rotatable bonds is 5. The molecular weight excluding hydrogens is 176 g/mol. The van der Waals surface area contributed by atoms with Gasteiger partial charge in [-0.25, -0.2) is 0 Å². The van der Waals surface area contributed by atoms with Crippen molar-refractivity contribution in [1.82, 2.24) is 4.90 Å². The largest absolute Gasteiger partial charge is 0.381 e. The minimum Gasteiger partial charge on any atom is -0.381 e. The maximum Gasteiger partial charge on any atom is 0.0607 e. The second kappa shape index (κ2) is 3.80. The number of nitrogens with two attached hydrogens (primary N) is 1. The van der Waals surface area contributed by atoms with E-state index in [0.717, 1.165) is 25.3 Å². The maximum atomic E-state index is 5.89. The van der Waals surface area contributed by atoms with Crippen molar-refractivity contribution in [2.24, 2.45) is 11.7 Å². The molecule has 2 saturated carbocycles. The predicted molar refractivity (Wildman–Crippen MR) is 57.2 cm³/mol. The normalized spacial score (nSPS) is 37.3. The van der Waals surface area contributed by atoms with E-state index in [9.17, 15) is 0 Å². The van der Waals surface area contributed by atoms with Crippen LogP contribution in [0.25, 0.3) is 0 Å². The van der Waals surface area contributed by atoms with Crippen molar-refractivity contribution in [3.8, 4) is 0 Å². The summed E-state index contributed by atoms with van der Waals surface area (Å²) in [5.41, 5.74) is 6.14. The fourth-order valence-corrected chi connectivity index (χ4v) is 2.47. The lowest BCUT2D eigenvalue weighted by Gasteiger charge is -2.52. The molecule has 2 aliphatic carbocycles. The minimum atomic E-state index is 0.253. The van der Waals surface area contributed by atoms with Crippen molar-refractivity contribution in [2.45, 2.75) is 37.3 Å². The molecule has 0 amide bonds. The number of ether oxygens (including phenoxy) is 1. The lowest BCUT2D eigenvalue weighted by Crippen LogP contribution is -2.63. The molecule has 0 aliphatic heterocycles. The Bertz CT molecular complexity index is 197. The SMILES string of the molecule is COC1CC(CN)(N(C)CC2CC2)C1. The van der Waals surface area contributed by atoms with E-state index >= 15 is 0 Å². The first-order chi connectivity index (χ1) is 6.70. The Morgan fingerprint density at radius 3 is 2.50 bits per heavy atom. The third-order valence-corrected chi connectivity index (χ3v) is 3.97. The van der Waals surface area contributed by atoms with Crippen molar-refractivity contribution in [3.63, 3.8) is 0 Å². The Balaban J connectivity index is 1.85. The van der Waals surface area contributed by atoms with Gasteiger partial charge in [0.2, 0.25) is 0 Å². The molecule has 0 atom stereocenters. The lowest BCUT2D eigenvalue weighted by molar-refractivity contribution is -0.0794. The molecule has 0 heterocycles. The fraction of sp³-hybridized carbons (Fsp3) is 1.00. The predicted octanol–water partition coefficient (Wildman–Crippen LogP) is 0.834. The van der Waals surface area contributed by atoms with Gasteiger partial charge in [-0.15, -0.1) is 0 Å². The summed E-state index contributed by atoms with van der Waals surface area (Å²) < 4.78 is 5.33. The fourth-order valence-electron chi connectivity index (χ4n) is 2.47. The van der Waals surface area contributed by atoms with Crippen LogP contribution in [0.4, 0.5) is 0 Å². The van der Waals surface area contributed by atoms with Crippen LogP contribution >= 0.6 is 0 Å². The zero-order chi connectivity index (χ0) is 10.2. The van der Waals surface area contributed by atoms with E-state index < -0.39 is 0 Å². The highest BCUT2D eigenvalue weighted by Gasteiger charge is 2.47. The van der Waals surface area contributed by atoms with Crippen LogP contribution in [0.5, 0.6) is 0 Å². The number of methoxy groups -OCH3 is 1. The Kier molecular flexibility index (Phi) is 2.82. The van der Waals surface area contributed by atoms with Gasteiger partial charge in [-0.1, -0.05) is 0 Å². The van der Waals surface area contributed by atoms with Gasteiger partial charge >= 0.3 is 0 Å². The summed E-state index contributed by atoms with van der Waals surface area (Å²) in [6, 6.07) is 0. The number of hydrogen-bond donors (Lipinski definition) is 1. The van der Waals surface area contributed by atoms with E-state index in [1.165, 1.54) is 19.4 Å². The van der Waals surface area contributed by atoms with Crippen LogP contribution in [0, 0.1) is 5.92 Å². The molecule has 0 aromatic carbocycles. The van der Waals surface area contributed by atoms with Gasteiger partial charge in [-0.3, -0.25) is 4.90 Å². The summed E-state index contributed by atoms with van der Waals surface area (Å²) in [5, 5.41) is 0. The Hall–Kier alpha value is -0.120. The van der Waals surface area contributed by atoms with Gasteiger partial charge in [0.25, 0.3) is 0 Å². The van der Waals surface area contributed by atoms with Crippen molar-refractivity contribution in [3.05, 3.63) is 0 Å². The molecule has 2 aliphatic rings. The molecule has 14 heavy (non-hydrogen) atoms. The maximum absolute atomic E-state index is 5.89. The average Bonchev–Trinajstić information content (AvgIpc) is 2.88. The van der Waals surface area contributed by atoms with Crippen LogP contribution < -0.4 is 5.73 Å². The molecule has 3 heteroatoms. The zero-order valence-electron chi connectivity index (χ0n) is 9.33. The summed E-state index contributed by atoms with van der Waals surface area (Å²) in [5.74, 6) is 0.949. The molecule has 2 N–H and O–H groups in total. The van der Waals surface area contributed by atoms with Crippen molar-refractivity contribution < 1.29 is 4.74 Å². The first-order valence-corrected chi connectivity index (χ1v) is 5.64. The molecule has 3 nitrogen and oxygen atoms in total. The summed E-state index contributed by atoms with van der Waals surface area (Å²) in [6.45, 7) is 2.00. The van der Waals surface area contributed by atoms with Crippen LogP contribution in [0.2, 0.25) is 0 Å². The summed E-state index contributed by atoms with van der Waals surface area (Å²) in [4.78, 5) is 2.47. The number of likely N-dealkylation sites (N-methyl/N-ethyl adjacent to an activating group) is 1. The molecule has 0 bridgehead atoms. The molecule has 0 aromatic heterocycles. The Labute approximate surface area is 86.6 Å². The molecule has 0 radical (unpaired) electrons. The van der Waals surface area contributed by atoms with Gasteiger partial charge in [-0.2, -0.15) is 0 Å². The van der Waals surface area contributed by atoms with E-state index in [2.05, 4.69) is 11.9 Å². The molecular formula is C11H22N2O. The van der Waals surface area contributed by atoms with Crippen molar-refractivity contribution >= 4 is 0 Å². The third-order valence-electron chi connectivity index (χ3n) is 3.97. The average molecular weight is 198 g/mol. The van der Waals surface area contributed by atoms with Crippen molar-refractivity contribution in [1.29, 1.82) is 0 Å².